The maximum atomic E-state index is 13.6. The lowest BCUT2D eigenvalue weighted by Crippen LogP contribution is -2.25. The van der Waals surface area contributed by atoms with Crippen LogP contribution in [0.4, 0.5) is 10.2 Å². The Morgan fingerprint density at radius 1 is 1.09 bits per heavy atom. The highest BCUT2D eigenvalue weighted by Crippen LogP contribution is 2.26. The second kappa shape index (κ2) is 4.52. The predicted molar refractivity (Wildman–Crippen MR) is 77.7 cm³/mol. The standard InChI is InChI=1S/C15H12FN3O3/c1-6-7(2)10(4-3-9(6)16)19-11(20)5-8-12(13(19)17)15(22)18-14(8)21/h3-5H,17H2,1-2H3,(H,18,21,22). The number of halogens is 1. The van der Waals surface area contributed by atoms with Crippen LogP contribution in [-0.2, 0) is 0 Å². The summed E-state index contributed by atoms with van der Waals surface area (Å²) in [7, 11) is 0. The van der Waals surface area contributed by atoms with Gasteiger partial charge in [-0.2, -0.15) is 0 Å². The number of imide groups is 1. The van der Waals surface area contributed by atoms with Crippen LogP contribution in [0.1, 0.15) is 31.8 Å². The summed E-state index contributed by atoms with van der Waals surface area (Å²) in [6, 6.07) is 3.70. The first-order chi connectivity index (χ1) is 10.3. The van der Waals surface area contributed by atoms with E-state index in [2.05, 4.69) is 5.32 Å². The van der Waals surface area contributed by atoms with Gasteiger partial charge in [0, 0.05) is 6.07 Å². The third kappa shape index (κ3) is 1.75. The van der Waals surface area contributed by atoms with Crippen LogP contribution in [0.5, 0.6) is 0 Å². The molecule has 0 saturated carbocycles. The largest absolute Gasteiger partial charge is 0.384 e. The van der Waals surface area contributed by atoms with Crippen molar-refractivity contribution < 1.29 is 14.0 Å². The molecule has 3 rings (SSSR count). The van der Waals surface area contributed by atoms with Crippen molar-refractivity contribution in [2.75, 3.05) is 5.73 Å². The van der Waals surface area contributed by atoms with E-state index in [1.807, 2.05) is 0 Å². The fourth-order valence-electron chi connectivity index (χ4n) is 2.54. The van der Waals surface area contributed by atoms with Crippen molar-refractivity contribution in [2.24, 2.45) is 0 Å². The van der Waals surface area contributed by atoms with Gasteiger partial charge in [0.15, 0.2) is 0 Å². The number of anilines is 1. The molecule has 3 N–H and O–H groups in total. The molecular formula is C15H12FN3O3. The highest BCUT2D eigenvalue weighted by molar-refractivity contribution is 6.23. The first-order valence-electron chi connectivity index (χ1n) is 6.50. The number of benzene rings is 1. The maximum absolute atomic E-state index is 13.6. The summed E-state index contributed by atoms with van der Waals surface area (Å²) in [5.41, 5.74) is 6.57. The number of fused-ring (bicyclic) bond motifs is 1. The Balaban J connectivity index is 2.38. The lowest BCUT2D eigenvalue weighted by atomic mass is 10.1. The molecular weight excluding hydrogens is 289 g/mol. The lowest BCUT2D eigenvalue weighted by Gasteiger charge is -2.15. The topological polar surface area (TPSA) is 94.2 Å². The SMILES string of the molecule is Cc1c(F)ccc(-n2c(N)c3c(cc2=O)C(=O)NC3=O)c1C. The fraction of sp³-hybridized carbons (Fsp3) is 0.133. The molecule has 0 radical (unpaired) electrons. The van der Waals surface area contributed by atoms with E-state index in [1.54, 1.807) is 13.8 Å². The van der Waals surface area contributed by atoms with E-state index < -0.39 is 23.2 Å². The zero-order valence-electron chi connectivity index (χ0n) is 11.9. The van der Waals surface area contributed by atoms with Gasteiger partial charge in [-0.05, 0) is 37.1 Å². The number of nitrogens with zero attached hydrogens (tertiary/aromatic N) is 1. The zero-order valence-corrected chi connectivity index (χ0v) is 11.9. The van der Waals surface area contributed by atoms with E-state index in [0.29, 0.717) is 16.8 Å². The van der Waals surface area contributed by atoms with Crippen molar-refractivity contribution >= 4 is 17.6 Å². The van der Waals surface area contributed by atoms with Gasteiger partial charge in [-0.1, -0.05) is 0 Å². The number of nitrogens with one attached hydrogen (secondary N) is 1. The molecule has 6 nitrogen and oxygen atoms in total. The molecule has 0 saturated heterocycles. The van der Waals surface area contributed by atoms with Gasteiger partial charge >= 0.3 is 0 Å². The quantitative estimate of drug-likeness (QED) is 0.770. The normalized spacial score (nSPS) is 13.2. The van der Waals surface area contributed by atoms with Gasteiger partial charge in [0.2, 0.25) is 0 Å². The summed E-state index contributed by atoms with van der Waals surface area (Å²) in [5.74, 6) is -1.84. The second-order valence-corrected chi connectivity index (χ2v) is 5.09. The number of carbonyl (C=O) groups is 2. The van der Waals surface area contributed by atoms with Crippen LogP contribution in [0.15, 0.2) is 23.0 Å². The molecule has 22 heavy (non-hydrogen) atoms. The lowest BCUT2D eigenvalue weighted by molar-refractivity contribution is 0.0880. The molecule has 2 aromatic rings. The van der Waals surface area contributed by atoms with Gasteiger partial charge < -0.3 is 5.73 Å². The molecule has 1 aliphatic rings. The molecule has 2 amide bonds. The van der Waals surface area contributed by atoms with Crippen LogP contribution in [0.2, 0.25) is 0 Å². The van der Waals surface area contributed by atoms with Crippen molar-refractivity contribution in [3.8, 4) is 5.69 Å². The number of hydrogen-bond donors (Lipinski definition) is 2. The van der Waals surface area contributed by atoms with Crippen LogP contribution in [-0.4, -0.2) is 16.4 Å². The molecule has 0 spiro atoms. The van der Waals surface area contributed by atoms with Crippen molar-refractivity contribution in [1.82, 2.24) is 9.88 Å². The highest BCUT2D eigenvalue weighted by Gasteiger charge is 2.32. The van der Waals surface area contributed by atoms with Crippen molar-refractivity contribution in [2.45, 2.75) is 13.8 Å². The van der Waals surface area contributed by atoms with Crippen molar-refractivity contribution in [1.29, 1.82) is 0 Å². The van der Waals surface area contributed by atoms with E-state index in [0.717, 1.165) is 10.6 Å². The molecule has 0 fully saturated rings. The molecule has 1 aliphatic heterocycles. The van der Waals surface area contributed by atoms with E-state index in [1.165, 1.54) is 12.1 Å². The average Bonchev–Trinajstić information content (AvgIpc) is 2.73. The van der Waals surface area contributed by atoms with Crippen molar-refractivity contribution in [3.05, 3.63) is 56.6 Å². The van der Waals surface area contributed by atoms with Gasteiger partial charge in [-0.25, -0.2) is 4.39 Å². The summed E-state index contributed by atoms with van der Waals surface area (Å²) in [4.78, 5) is 35.7. The number of amides is 2. The van der Waals surface area contributed by atoms with Gasteiger partial charge in [-0.15, -0.1) is 0 Å². The Morgan fingerprint density at radius 3 is 2.45 bits per heavy atom. The Hall–Kier alpha value is -2.96. The van der Waals surface area contributed by atoms with Gasteiger partial charge in [0.1, 0.15) is 11.6 Å². The van der Waals surface area contributed by atoms with E-state index in [9.17, 15) is 18.8 Å². The number of aromatic nitrogens is 1. The highest BCUT2D eigenvalue weighted by atomic mass is 19.1. The maximum Gasteiger partial charge on any atom is 0.262 e. The zero-order chi connectivity index (χ0) is 16.2. The first-order valence-corrected chi connectivity index (χ1v) is 6.50. The van der Waals surface area contributed by atoms with Crippen LogP contribution < -0.4 is 16.6 Å². The van der Waals surface area contributed by atoms with Crippen LogP contribution in [0, 0.1) is 19.7 Å². The molecule has 112 valence electrons. The molecule has 1 aromatic carbocycles. The average molecular weight is 301 g/mol. The smallest absolute Gasteiger partial charge is 0.262 e. The number of pyridine rings is 1. The third-order valence-electron chi connectivity index (χ3n) is 3.89. The number of nitrogens with two attached hydrogens (primary N) is 1. The summed E-state index contributed by atoms with van der Waals surface area (Å²) >= 11 is 0. The minimum absolute atomic E-state index is 0.0361. The summed E-state index contributed by atoms with van der Waals surface area (Å²) in [6.45, 7) is 3.23. The summed E-state index contributed by atoms with van der Waals surface area (Å²) in [6.07, 6.45) is 0. The summed E-state index contributed by atoms with van der Waals surface area (Å²) in [5, 5.41) is 2.09. The number of rotatable bonds is 1. The molecule has 1 aromatic heterocycles. The van der Waals surface area contributed by atoms with Crippen LogP contribution in [0.25, 0.3) is 5.69 Å². The molecule has 0 bridgehead atoms. The monoisotopic (exact) mass is 301 g/mol. The molecule has 7 heteroatoms. The predicted octanol–water partition coefficient (Wildman–Crippen LogP) is 1.06. The van der Waals surface area contributed by atoms with Crippen LogP contribution in [0.3, 0.4) is 0 Å². The van der Waals surface area contributed by atoms with E-state index in [-0.39, 0.29) is 16.9 Å². The minimum Gasteiger partial charge on any atom is -0.384 e. The van der Waals surface area contributed by atoms with E-state index in [4.69, 9.17) is 5.73 Å². The number of nitrogen functional groups attached to an aromatic ring is 1. The minimum atomic E-state index is -0.650. The molecule has 2 heterocycles. The van der Waals surface area contributed by atoms with Crippen molar-refractivity contribution in [3.63, 3.8) is 0 Å². The first kappa shape index (κ1) is 14.0. The molecule has 0 unspecified atom stereocenters. The van der Waals surface area contributed by atoms with Crippen LogP contribution >= 0.6 is 0 Å². The second-order valence-electron chi connectivity index (χ2n) is 5.09. The Morgan fingerprint density at radius 2 is 1.77 bits per heavy atom. The Labute approximate surface area is 124 Å². The van der Waals surface area contributed by atoms with Gasteiger partial charge in [-0.3, -0.25) is 24.3 Å². The Kier molecular flexibility index (Phi) is 2.88. The molecule has 0 aliphatic carbocycles. The number of hydrogen-bond acceptors (Lipinski definition) is 4. The molecule has 0 atom stereocenters. The summed E-state index contributed by atoms with van der Waals surface area (Å²) < 4.78 is 14.7. The fourth-order valence-corrected chi connectivity index (χ4v) is 2.54. The van der Waals surface area contributed by atoms with Gasteiger partial charge in [0.05, 0.1) is 16.8 Å². The van der Waals surface area contributed by atoms with Gasteiger partial charge in [0.25, 0.3) is 17.4 Å². The van der Waals surface area contributed by atoms with E-state index >= 15 is 0 Å². The number of carbonyl (C=O) groups excluding carboxylic acids is 2. The Bertz CT molecular complexity index is 915. The third-order valence-corrected chi connectivity index (χ3v) is 3.89.